The van der Waals surface area contributed by atoms with Crippen molar-refractivity contribution in [2.75, 3.05) is 52.5 Å². The first-order valence-corrected chi connectivity index (χ1v) is 12.9. The number of carbonyl (C=O) groups excluding carboxylic acids is 1. The van der Waals surface area contributed by atoms with Crippen LogP contribution in [0.15, 0.2) is 18.2 Å². The Bertz CT molecular complexity index is 875. The number of carboxylic acid groups (broad SMARTS) is 1. The normalized spacial score (nSPS) is 24.5. The summed E-state index contributed by atoms with van der Waals surface area (Å²) in [6.45, 7) is 6.18. The minimum Gasteiger partial charge on any atom is -0.493 e. The maximum absolute atomic E-state index is 13.3. The number of hydrogen-bond donors (Lipinski definition) is 2. The van der Waals surface area contributed by atoms with Crippen LogP contribution in [0.25, 0.3) is 0 Å². The van der Waals surface area contributed by atoms with Gasteiger partial charge in [0.1, 0.15) is 5.75 Å². The minimum absolute atomic E-state index is 0.00871. The summed E-state index contributed by atoms with van der Waals surface area (Å²) in [5, 5.41) is 10.3. The first-order valence-electron chi connectivity index (χ1n) is 12.9. The second kappa shape index (κ2) is 12.2. The van der Waals surface area contributed by atoms with Gasteiger partial charge in [-0.25, -0.2) is 0 Å². The Morgan fingerprint density at radius 3 is 2.69 bits per heavy atom. The van der Waals surface area contributed by atoms with Crippen LogP contribution < -0.4 is 10.5 Å². The van der Waals surface area contributed by atoms with E-state index in [9.17, 15) is 14.7 Å². The number of fused-ring (bicyclic) bond motifs is 1. The van der Waals surface area contributed by atoms with E-state index in [0.29, 0.717) is 58.8 Å². The Labute approximate surface area is 207 Å². The summed E-state index contributed by atoms with van der Waals surface area (Å²) >= 11 is 0. The minimum atomic E-state index is -0.829. The number of ether oxygens (including phenoxy) is 3. The van der Waals surface area contributed by atoms with Gasteiger partial charge in [0.2, 0.25) is 5.91 Å². The standard InChI is InChI=1S/C26H39N3O6/c1-2-3-10-28(11-9-27)23(30)17-29-16-20(18-4-6-22-19(15-18)8-12-33-22)25(26(31)32)21(29)5-7-24-34-13-14-35-24/h4,6,15,20-21,24-25H,2-3,5,7-14,16-17,27H2,1H3,(H,31,32)/t20-,21+,25-/m1/s1. The molecule has 0 saturated carbocycles. The molecule has 0 radical (unpaired) electrons. The van der Waals surface area contributed by atoms with Crippen molar-refractivity contribution >= 4 is 11.9 Å². The summed E-state index contributed by atoms with van der Waals surface area (Å²) in [4.78, 5) is 29.8. The van der Waals surface area contributed by atoms with Crippen LogP contribution in [-0.4, -0.2) is 91.7 Å². The molecule has 0 aliphatic carbocycles. The number of unbranched alkanes of at least 4 members (excludes halogenated alkanes) is 1. The van der Waals surface area contributed by atoms with Crippen molar-refractivity contribution in [3.8, 4) is 5.75 Å². The molecule has 3 heterocycles. The maximum atomic E-state index is 13.3. The number of hydrogen-bond acceptors (Lipinski definition) is 7. The van der Waals surface area contributed by atoms with E-state index >= 15 is 0 Å². The molecule has 0 unspecified atom stereocenters. The second-order valence-electron chi connectivity index (χ2n) is 9.70. The zero-order chi connectivity index (χ0) is 24.8. The highest BCUT2D eigenvalue weighted by Gasteiger charge is 2.47. The predicted octanol–water partition coefficient (Wildman–Crippen LogP) is 1.83. The Balaban J connectivity index is 1.56. The third-order valence-electron chi connectivity index (χ3n) is 7.44. The van der Waals surface area contributed by atoms with Gasteiger partial charge >= 0.3 is 5.97 Å². The van der Waals surface area contributed by atoms with Gasteiger partial charge in [0, 0.05) is 44.6 Å². The molecule has 35 heavy (non-hydrogen) atoms. The first kappa shape index (κ1) is 25.9. The Kier molecular flexibility index (Phi) is 8.99. The smallest absolute Gasteiger partial charge is 0.308 e. The van der Waals surface area contributed by atoms with Crippen LogP contribution in [0.3, 0.4) is 0 Å². The molecular formula is C26H39N3O6. The SMILES string of the molecule is CCCCN(CCN)C(=O)CN1C[C@H](c2ccc3c(c2)CCO3)[C@@H](C(=O)O)[C@@H]1CCC1OCCO1. The van der Waals surface area contributed by atoms with Crippen molar-refractivity contribution in [1.29, 1.82) is 0 Å². The Hall–Kier alpha value is -2.20. The van der Waals surface area contributed by atoms with Gasteiger partial charge in [-0.2, -0.15) is 0 Å². The zero-order valence-corrected chi connectivity index (χ0v) is 20.7. The van der Waals surface area contributed by atoms with Gasteiger partial charge in [-0.05, 0) is 36.5 Å². The van der Waals surface area contributed by atoms with Gasteiger partial charge < -0.3 is 30.0 Å². The molecule has 3 aliphatic heterocycles. The number of benzene rings is 1. The number of likely N-dealkylation sites (tertiary alicyclic amines) is 1. The molecule has 194 valence electrons. The molecule has 2 saturated heterocycles. The number of rotatable bonds is 12. The van der Waals surface area contributed by atoms with Crippen molar-refractivity contribution in [2.24, 2.45) is 11.7 Å². The van der Waals surface area contributed by atoms with E-state index in [4.69, 9.17) is 19.9 Å². The van der Waals surface area contributed by atoms with Crippen molar-refractivity contribution in [2.45, 2.75) is 57.3 Å². The van der Waals surface area contributed by atoms with Crippen LogP contribution in [0.2, 0.25) is 0 Å². The van der Waals surface area contributed by atoms with Crippen LogP contribution in [0, 0.1) is 5.92 Å². The number of carboxylic acids is 1. The van der Waals surface area contributed by atoms with Gasteiger partial charge in [-0.1, -0.05) is 25.5 Å². The van der Waals surface area contributed by atoms with Crippen LogP contribution in [0.1, 0.15) is 49.7 Å². The highest BCUT2D eigenvalue weighted by atomic mass is 16.7. The number of amides is 1. The summed E-state index contributed by atoms with van der Waals surface area (Å²) in [7, 11) is 0. The van der Waals surface area contributed by atoms with Crippen molar-refractivity contribution in [3.63, 3.8) is 0 Å². The third kappa shape index (κ3) is 6.14. The van der Waals surface area contributed by atoms with Crippen LogP contribution in [0.5, 0.6) is 5.75 Å². The molecule has 0 spiro atoms. The Morgan fingerprint density at radius 2 is 1.97 bits per heavy atom. The highest BCUT2D eigenvalue weighted by Crippen LogP contribution is 2.41. The molecule has 3 atom stereocenters. The summed E-state index contributed by atoms with van der Waals surface area (Å²) in [5.74, 6) is -0.770. The number of aliphatic carboxylic acids is 1. The fourth-order valence-electron chi connectivity index (χ4n) is 5.65. The number of nitrogens with two attached hydrogens (primary N) is 1. The lowest BCUT2D eigenvalue weighted by molar-refractivity contribution is -0.144. The summed E-state index contributed by atoms with van der Waals surface area (Å²) in [6, 6.07) is 5.74. The first-order chi connectivity index (χ1) is 17.0. The predicted molar refractivity (Wildman–Crippen MR) is 130 cm³/mol. The molecule has 0 bridgehead atoms. The van der Waals surface area contributed by atoms with E-state index in [-0.39, 0.29) is 30.7 Å². The Morgan fingerprint density at radius 1 is 1.17 bits per heavy atom. The molecule has 1 aromatic rings. The van der Waals surface area contributed by atoms with E-state index < -0.39 is 11.9 Å². The van der Waals surface area contributed by atoms with Crippen LogP contribution in [0.4, 0.5) is 0 Å². The molecular weight excluding hydrogens is 450 g/mol. The van der Waals surface area contributed by atoms with E-state index in [1.54, 1.807) is 0 Å². The summed E-state index contributed by atoms with van der Waals surface area (Å²) in [6.07, 6.45) is 3.63. The summed E-state index contributed by atoms with van der Waals surface area (Å²) < 4.78 is 16.9. The maximum Gasteiger partial charge on any atom is 0.308 e. The zero-order valence-electron chi connectivity index (χ0n) is 20.7. The van der Waals surface area contributed by atoms with Gasteiger partial charge in [0.05, 0.1) is 32.3 Å². The number of nitrogens with zero attached hydrogens (tertiary/aromatic N) is 2. The fraction of sp³-hybridized carbons (Fsp3) is 0.692. The average molecular weight is 490 g/mol. The van der Waals surface area contributed by atoms with Crippen molar-refractivity contribution in [1.82, 2.24) is 9.80 Å². The third-order valence-corrected chi connectivity index (χ3v) is 7.44. The van der Waals surface area contributed by atoms with E-state index in [1.807, 2.05) is 17.0 Å². The lowest BCUT2D eigenvalue weighted by Crippen LogP contribution is -2.45. The quantitative estimate of drug-likeness (QED) is 0.457. The average Bonchev–Trinajstić information content (AvgIpc) is 3.59. The molecule has 2 fully saturated rings. The van der Waals surface area contributed by atoms with Gasteiger partial charge in [0.15, 0.2) is 6.29 Å². The molecule has 1 aromatic carbocycles. The van der Waals surface area contributed by atoms with Crippen molar-refractivity contribution < 1.29 is 28.9 Å². The topological polar surface area (TPSA) is 115 Å². The highest BCUT2D eigenvalue weighted by molar-refractivity contribution is 5.79. The van der Waals surface area contributed by atoms with Crippen LogP contribution >= 0.6 is 0 Å². The van der Waals surface area contributed by atoms with E-state index in [1.165, 1.54) is 0 Å². The van der Waals surface area contributed by atoms with Gasteiger partial charge in [-0.15, -0.1) is 0 Å². The second-order valence-corrected chi connectivity index (χ2v) is 9.70. The molecule has 9 heteroatoms. The van der Waals surface area contributed by atoms with Crippen molar-refractivity contribution in [3.05, 3.63) is 29.3 Å². The molecule has 1 amide bonds. The molecule has 0 aromatic heterocycles. The molecule has 9 nitrogen and oxygen atoms in total. The summed E-state index contributed by atoms with van der Waals surface area (Å²) in [5.41, 5.74) is 7.90. The largest absolute Gasteiger partial charge is 0.493 e. The lowest BCUT2D eigenvalue weighted by atomic mass is 9.83. The molecule has 3 N–H and O–H groups in total. The number of carbonyl (C=O) groups is 2. The fourth-order valence-corrected chi connectivity index (χ4v) is 5.65. The van der Waals surface area contributed by atoms with Gasteiger partial charge in [0.25, 0.3) is 0 Å². The van der Waals surface area contributed by atoms with Gasteiger partial charge in [-0.3, -0.25) is 14.5 Å². The van der Waals surface area contributed by atoms with E-state index in [0.717, 1.165) is 36.1 Å². The van der Waals surface area contributed by atoms with E-state index in [2.05, 4.69) is 17.9 Å². The lowest BCUT2D eigenvalue weighted by Gasteiger charge is -2.30. The molecule has 4 rings (SSSR count). The molecule has 3 aliphatic rings. The monoisotopic (exact) mass is 489 g/mol. The van der Waals surface area contributed by atoms with Crippen LogP contribution in [-0.2, 0) is 25.5 Å².